The molecule has 0 fully saturated rings. The third kappa shape index (κ3) is 2.42. The highest BCUT2D eigenvalue weighted by molar-refractivity contribution is 6.31. The number of nitrogens with one attached hydrogen (secondary N) is 1. The third-order valence-corrected chi connectivity index (χ3v) is 4.29. The van der Waals surface area contributed by atoms with Crippen molar-refractivity contribution < 1.29 is 8.91 Å². The molecule has 0 unspecified atom stereocenters. The number of nitrogens with zero attached hydrogens (tertiary/aromatic N) is 2. The summed E-state index contributed by atoms with van der Waals surface area (Å²) in [4.78, 5) is 0. The first-order chi connectivity index (χ1) is 11.3. The number of nitrogens with two attached hydrogens (primary N) is 1. The molecular weight excluding hydrogens is 331 g/mol. The van der Waals surface area contributed by atoms with Gasteiger partial charge in [0.2, 0.25) is 5.88 Å². The lowest BCUT2D eigenvalue weighted by atomic mass is 9.78. The molecule has 2 heterocycles. The van der Waals surface area contributed by atoms with Gasteiger partial charge in [-0.3, -0.25) is 0 Å². The van der Waals surface area contributed by atoms with Crippen molar-refractivity contribution in [2.24, 2.45) is 5.73 Å². The highest BCUT2D eigenvalue weighted by Gasteiger charge is 2.40. The van der Waals surface area contributed by atoms with E-state index in [4.69, 9.17) is 21.9 Å². The molecule has 1 aliphatic rings. The monoisotopic (exact) mass is 346 g/mol. The van der Waals surface area contributed by atoms with E-state index < -0.39 is 11.7 Å². The SMILES string of the molecule is CC(C)(C)c1noc2c1[C@H](c1c(F)cccc1Cl)C(C#N)=C(N)N2. The van der Waals surface area contributed by atoms with Crippen LogP contribution in [0.15, 0.2) is 34.1 Å². The van der Waals surface area contributed by atoms with E-state index in [9.17, 15) is 9.65 Å². The molecule has 0 amide bonds. The van der Waals surface area contributed by atoms with Gasteiger partial charge in [-0.15, -0.1) is 0 Å². The van der Waals surface area contributed by atoms with E-state index >= 15 is 0 Å². The minimum Gasteiger partial charge on any atom is -0.384 e. The van der Waals surface area contributed by atoms with E-state index in [1.165, 1.54) is 12.1 Å². The fourth-order valence-electron chi connectivity index (χ4n) is 2.89. The van der Waals surface area contributed by atoms with Gasteiger partial charge in [-0.1, -0.05) is 43.6 Å². The summed E-state index contributed by atoms with van der Waals surface area (Å²) >= 11 is 6.25. The molecule has 0 saturated carbocycles. The summed E-state index contributed by atoms with van der Waals surface area (Å²) in [6.45, 7) is 5.87. The Bertz CT molecular complexity index is 869. The largest absolute Gasteiger partial charge is 0.384 e. The molecule has 2 aromatic rings. The number of anilines is 1. The highest BCUT2D eigenvalue weighted by atomic mass is 35.5. The molecule has 1 aromatic heterocycles. The molecule has 1 aromatic carbocycles. The molecule has 124 valence electrons. The zero-order valence-electron chi connectivity index (χ0n) is 13.4. The van der Waals surface area contributed by atoms with Crippen molar-refractivity contribution >= 4 is 17.5 Å². The Morgan fingerprint density at radius 2 is 2.08 bits per heavy atom. The fraction of sp³-hybridized carbons (Fsp3) is 0.294. The first-order valence-electron chi connectivity index (χ1n) is 7.36. The van der Waals surface area contributed by atoms with Crippen molar-refractivity contribution in [2.45, 2.75) is 32.1 Å². The number of fused-ring (bicyclic) bond motifs is 1. The molecule has 24 heavy (non-hydrogen) atoms. The average Bonchev–Trinajstić information content (AvgIpc) is 2.90. The first-order valence-corrected chi connectivity index (χ1v) is 7.74. The topological polar surface area (TPSA) is 87.9 Å². The lowest BCUT2D eigenvalue weighted by Crippen LogP contribution is -2.25. The van der Waals surface area contributed by atoms with Crippen LogP contribution in [-0.4, -0.2) is 5.16 Å². The maximum atomic E-state index is 14.6. The van der Waals surface area contributed by atoms with Crippen molar-refractivity contribution in [1.29, 1.82) is 5.26 Å². The molecule has 0 saturated heterocycles. The fourth-order valence-corrected chi connectivity index (χ4v) is 3.16. The Kier molecular flexibility index (Phi) is 3.77. The maximum absolute atomic E-state index is 14.6. The summed E-state index contributed by atoms with van der Waals surface area (Å²) < 4.78 is 19.9. The average molecular weight is 347 g/mol. The Hall–Kier alpha value is -2.52. The third-order valence-electron chi connectivity index (χ3n) is 3.96. The van der Waals surface area contributed by atoms with E-state index in [1.54, 1.807) is 6.07 Å². The summed E-state index contributed by atoms with van der Waals surface area (Å²) in [5.74, 6) is -0.881. The standard InChI is InChI=1S/C17H16ClFN4O/c1-17(2,3)14-13-11(12-9(18)5-4-6-10(12)19)8(7-20)15(21)22-16(13)24-23-14/h4-6,11,22H,21H2,1-3H3/t11-/m0/s1. The zero-order valence-corrected chi connectivity index (χ0v) is 14.2. The number of nitriles is 1. The van der Waals surface area contributed by atoms with Crippen LogP contribution in [0.1, 0.15) is 43.5 Å². The van der Waals surface area contributed by atoms with E-state index in [0.717, 1.165) is 0 Å². The minimum atomic E-state index is -0.777. The normalized spacial score (nSPS) is 17.2. The van der Waals surface area contributed by atoms with E-state index in [-0.39, 0.29) is 27.4 Å². The molecule has 0 bridgehead atoms. The van der Waals surface area contributed by atoms with Crippen molar-refractivity contribution in [1.82, 2.24) is 5.16 Å². The van der Waals surface area contributed by atoms with Gasteiger partial charge < -0.3 is 15.6 Å². The van der Waals surface area contributed by atoms with Crippen molar-refractivity contribution in [3.05, 3.63) is 57.3 Å². The summed E-state index contributed by atoms with van der Waals surface area (Å²) in [5, 5.41) is 16.7. The zero-order chi connectivity index (χ0) is 17.6. The summed E-state index contributed by atoms with van der Waals surface area (Å²) in [7, 11) is 0. The lowest BCUT2D eigenvalue weighted by molar-refractivity contribution is 0.404. The van der Waals surface area contributed by atoms with Crippen molar-refractivity contribution in [2.75, 3.05) is 5.32 Å². The highest BCUT2D eigenvalue weighted by Crippen LogP contribution is 2.47. The first kappa shape index (κ1) is 16.3. The number of aromatic nitrogens is 1. The Morgan fingerprint density at radius 1 is 1.38 bits per heavy atom. The summed E-state index contributed by atoms with van der Waals surface area (Å²) in [6, 6.07) is 6.46. The van der Waals surface area contributed by atoms with Crippen LogP contribution in [0.2, 0.25) is 5.02 Å². The Balaban J connectivity index is 2.36. The molecule has 0 aliphatic carbocycles. The number of hydrogen-bond donors (Lipinski definition) is 2. The number of halogens is 2. The van der Waals surface area contributed by atoms with E-state index in [1.807, 2.05) is 20.8 Å². The van der Waals surface area contributed by atoms with Gasteiger partial charge in [0.05, 0.1) is 28.8 Å². The summed E-state index contributed by atoms with van der Waals surface area (Å²) in [6.07, 6.45) is 0. The van der Waals surface area contributed by atoms with Crippen LogP contribution in [0.3, 0.4) is 0 Å². The molecule has 3 rings (SSSR count). The Morgan fingerprint density at radius 3 is 2.67 bits per heavy atom. The Labute approximate surface area is 143 Å². The van der Waals surface area contributed by atoms with Gasteiger partial charge in [-0.25, -0.2) is 4.39 Å². The lowest BCUT2D eigenvalue weighted by Gasteiger charge is -2.27. The molecule has 1 aliphatic heterocycles. The number of allylic oxidation sites excluding steroid dienone is 1. The van der Waals surface area contributed by atoms with Crippen LogP contribution < -0.4 is 11.1 Å². The molecule has 7 heteroatoms. The van der Waals surface area contributed by atoms with Gasteiger partial charge in [-0.2, -0.15) is 5.26 Å². The minimum absolute atomic E-state index is 0.103. The number of rotatable bonds is 1. The van der Waals surface area contributed by atoms with Crippen LogP contribution in [0.25, 0.3) is 0 Å². The van der Waals surface area contributed by atoms with Crippen LogP contribution in [0.4, 0.5) is 10.3 Å². The van der Waals surface area contributed by atoms with Crippen LogP contribution in [-0.2, 0) is 5.41 Å². The number of hydrogen-bond acceptors (Lipinski definition) is 5. The predicted molar refractivity (Wildman–Crippen MR) is 88.9 cm³/mol. The molecule has 1 atom stereocenters. The maximum Gasteiger partial charge on any atom is 0.234 e. The predicted octanol–water partition coefficient (Wildman–Crippen LogP) is 4.02. The molecule has 5 nitrogen and oxygen atoms in total. The van der Waals surface area contributed by atoms with E-state index in [0.29, 0.717) is 17.1 Å². The molecule has 0 radical (unpaired) electrons. The molecular formula is C17H16ClFN4O. The molecule has 3 N–H and O–H groups in total. The van der Waals surface area contributed by atoms with Crippen molar-refractivity contribution in [3.63, 3.8) is 0 Å². The van der Waals surface area contributed by atoms with Gasteiger partial charge in [0.1, 0.15) is 11.6 Å². The second-order valence-electron chi connectivity index (χ2n) is 6.66. The van der Waals surface area contributed by atoms with Gasteiger partial charge in [0.25, 0.3) is 0 Å². The second-order valence-corrected chi connectivity index (χ2v) is 7.06. The second kappa shape index (κ2) is 5.53. The van der Waals surface area contributed by atoms with Gasteiger partial charge >= 0.3 is 0 Å². The smallest absolute Gasteiger partial charge is 0.234 e. The van der Waals surface area contributed by atoms with Crippen LogP contribution in [0, 0.1) is 17.1 Å². The quantitative estimate of drug-likeness (QED) is 0.814. The van der Waals surface area contributed by atoms with Gasteiger partial charge in [0, 0.05) is 16.0 Å². The van der Waals surface area contributed by atoms with Gasteiger partial charge in [0.15, 0.2) is 0 Å². The van der Waals surface area contributed by atoms with Gasteiger partial charge in [-0.05, 0) is 12.1 Å². The molecule has 0 spiro atoms. The van der Waals surface area contributed by atoms with Crippen LogP contribution >= 0.6 is 11.6 Å². The summed E-state index contributed by atoms with van der Waals surface area (Å²) in [5.41, 5.74) is 7.15. The number of benzene rings is 1. The van der Waals surface area contributed by atoms with Crippen LogP contribution in [0.5, 0.6) is 0 Å². The van der Waals surface area contributed by atoms with Crippen molar-refractivity contribution in [3.8, 4) is 6.07 Å². The van der Waals surface area contributed by atoms with E-state index in [2.05, 4.69) is 16.5 Å².